The fourth-order valence-corrected chi connectivity index (χ4v) is 3.27. The number of ether oxygens (including phenoxy) is 1. The fraction of sp³-hybridized carbons (Fsp3) is 0.900. The van der Waals surface area contributed by atoms with Crippen molar-refractivity contribution in [3.05, 3.63) is 0 Å². The Hall–Kier alpha value is -0.420. The maximum Gasteiger partial charge on any atom is 0.323 e. The fourth-order valence-electron chi connectivity index (χ4n) is 1.56. The van der Waals surface area contributed by atoms with E-state index in [0.717, 1.165) is 0 Å². The lowest BCUT2D eigenvalue weighted by Crippen LogP contribution is -2.58. The first kappa shape index (κ1) is 12.6. The van der Waals surface area contributed by atoms with E-state index in [9.17, 15) is 9.00 Å². The highest BCUT2D eigenvalue weighted by atomic mass is 32.2. The first-order chi connectivity index (χ1) is 6.84. The molecule has 0 aromatic heterocycles. The van der Waals surface area contributed by atoms with Crippen LogP contribution in [-0.2, 0) is 20.3 Å². The summed E-state index contributed by atoms with van der Waals surface area (Å²) in [6.07, 6.45) is 0. The van der Waals surface area contributed by atoms with Crippen LogP contribution in [0.1, 0.15) is 20.8 Å². The molecule has 0 spiro atoms. The Morgan fingerprint density at radius 2 is 2.00 bits per heavy atom. The Balaban J connectivity index is 2.72. The van der Waals surface area contributed by atoms with Crippen LogP contribution >= 0.6 is 0 Å². The lowest BCUT2D eigenvalue weighted by Gasteiger charge is -2.37. The maximum absolute atomic E-state index is 11.6. The zero-order valence-electron chi connectivity index (χ0n) is 9.70. The maximum atomic E-state index is 11.6. The molecule has 1 saturated heterocycles. The molecule has 0 saturated carbocycles. The summed E-state index contributed by atoms with van der Waals surface area (Å²) < 4.78 is 16.3. The molecular weight excluding hydrogens is 214 g/mol. The van der Waals surface area contributed by atoms with Gasteiger partial charge in [0.05, 0.1) is 7.11 Å². The highest BCUT2D eigenvalue weighted by molar-refractivity contribution is 7.85. The van der Waals surface area contributed by atoms with Gasteiger partial charge in [0.2, 0.25) is 0 Å². The summed E-state index contributed by atoms with van der Waals surface area (Å²) in [4.78, 5) is 11.4. The number of hydrogen-bond donors (Lipinski definition) is 1. The molecule has 0 aromatic rings. The van der Waals surface area contributed by atoms with Gasteiger partial charge in [-0.2, -0.15) is 0 Å². The largest absolute Gasteiger partial charge is 0.468 e. The zero-order chi connectivity index (χ0) is 11.6. The number of rotatable bonds is 1. The van der Waals surface area contributed by atoms with Crippen LogP contribution in [-0.4, -0.2) is 40.9 Å². The molecule has 0 amide bonds. The Morgan fingerprint density at radius 1 is 1.40 bits per heavy atom. The van der Waals surface area contributed by atoms with Gasteiger partial charge >= 0.3 is 5.97 Å². The highest BCUT2D eigenvalue weighted by Gasteiger charge is 2.36. The van der Waals surface area contributed by atoms with Crippen LogP contribution in [0.3, 0.4) is 0 Å². The van der Waals surface area contributed by atoms with Gasteiger partial charge in [-0.3, -0.25) is 14.3 Å². The third-order valence-corrected chi connectivity index (χ3v) is 4.05. The number of methoxy groups -OCH3 is 1. The number of nitrogens with one attached hydrogen (secondary N) is 1. The van der Waals surface area contributed by atoms with Crippen LogP contribution in [0.25, 0.3) is 0 Å². The molecule has 1 aliphatic heterocycles. The topological polar surface area (TPSA) is 55.4 Å². The standard InChI is InChI=1S/C10H19NO3S/c1-10(2,3)8-6-15(13)5-7(11-8)9(12)14-4/h7-8,11H,5-6H2,1-4H3. The zero-order valence-corrected chi connectivity index (χ0v) is 10.5. The predicted octanol–water partition coefficient (Wildman–Crippen LogP) is 0.295. The van der Waals surface area contributed by atoms with E-state index in [-0.39, 0.29) is 17.4 Å². The molecule has 3 atom stereocenters. The van der Waals surface area contributed by atoms with Crippen LogP contribution in [0, 0.1) is 5.41 Å². The molecule has 0 aliphatic carbocycles. The van der Waals surface area contributed by atoms with Crippen molar-refractivity contribution >= 4 is 16.8 Å². The average Bonchev–Trinajstić information content (AvgIpc) is 2.14. The highest BCUT2D eigenvalue weighted by Crippen LogP contribution is 2.23. The summed E-state index contributed by atoms with van der Waals surface area (Å²) in [5.41, 5.74) is 0.00233. The molecule has 5 heteroatoms. The molecule has 1 fully saturated rings. The van der Waals surface area contributed by atoms with Crippen molar-refractivity contribution in [2.45, 2.75) is 32.9 Å². The quantitative estimate of drug-likeness (QED) is 0.662. The second-order valence-electron chi connectivity index (χ2n) is 4.93. The molecule has 1 aliphatic rings. The molecular formula is C10H19NO3S. The van der Waals surface area contributed by atoms with Crippen molar-refractivity contribution in [3.8, 4) is 0 Å². The molecule has 1 heterocycles. The van der Waals surface area contributed by atoms with Gasteiger partial charge in [0.15, 0.2) is 0 Å². The van der Waals surface area contributed by atoms with Gasteiger partial charge < -0.3 is 4.74 Å². The van der Waals surface area contributed by atoms with E-state index in [1.54, 1.807) is 0 Å². The average molecular weight is 233 g/mol. The molecule has 1 rings (SSSR count). The minimum Gasteiger partial charge on any atom is -0.468 e. The molecule has 0 radical (unpaired) electrons. The first-order valence-corrected chi connectivity index (χ1v) is 6.52. The summed E-state index contributed by atoms with van der Waals surface area (Å²) in [7, 11) is 0.422. The van der Waals surface area contributed by atoms with E-state index in [1.165, 1.54) is 7.11 Å². The van der Waals surface area contributed by atoms with Crippen LogP contribution in [0.4, 0.5) is 0 Å². The van der Waals surface area contributed by atoms with Gasteiger partial charge in [-0.25, -0.2) is 0 Å². The molecule has 0 aromatic carbocycles. The molecule has 15 heavy (non-hydrogen) atoms. The van der Waals surface area contributed by atoms with E-state index < -0.39 is 16.8 Å². The summed E-state index contributed by atoms with van der Waals surface area (Å²) in [6.45, 7) is 6.21. The lowest BCUT2D eigenvalue weighted by molar-refractivity contribution is -0.143. The number of hydrogen-bond acceptors (Lipinski definition) is 4. The van der Waals surface area contributed by atoms with Crippen molar-refractivity contribution in [3.63, 3.8) is 0 Å². The normalized spacial score (nSPS) is 32.4. The third kappa shape index (κ3) is 3.28. The third-order valence-electron chi connectivity index (χ3n) is 2.64. The number of esters is 1. The monoisotopic (exact) mass is 233 g/mol. The summed E-state index contributed by atoms with van der Waals surface area (Å²) in [5.74, 6) is 0.647. The Kier molecular flexibility index (Phi) is 3.89. The van der Waals surface area contributed by atoms with Gasteiger partial charge in [-0.15, -0.1) is 0 Å². The van der Waals surface area contributed by atoms with Crippen molar-refractivity contribution in [2.75, 3.05) is 18.6 Å². The van der Waals surface area contributed by atoms with E-state index >= 15 is 0 Å². The summed E-state index contributed by atoms with van der Waals surface area (Å²) >= 11 is 0. The van der Waals surface area contributed by atoms with Crippen molar-refractivity contribution in [1.29, 1.82) is 0 Å². The second kappa shape index (κ2) is 4.61. The van der Waals surface area contributed by atoms with Crippen LogP contribution in [0.15, 0.2) is 0 Å². The molecule has 3 unspecified atom stereocenters. The van der Waals surface area contributed by atoms with E-state index in [4.69, 9.17) is 0 Å². The lowest BCUT2D eigenvalue weighted by atomic mass is 9.87. The van der Waals surface area contributed by atoms with Gasteiger partial charge in [-0.1, -0.05) is 20.8 Å². The summed E-state index contributed by atoms with van der Waals surface area (Å²) in [5, 5.41) is 3.21. The minimum absolute atomic E-state index is 0.00233. The van der Waals surface area contributed by atoms with Crippen molar-refractivity contribution in [1.82, 2.24) is 5.32 Å². The van der Waals surface area contributed by atoms with Crippen LogP contribution in [0.5, 0.6) is 0 Å². The predicted molar refractivity (Wildman–Crippen MR) is 60.1 cm³/mol. The van der Waals surface area contributed by atoms with E-state index in [1.807, 2.05) is 0 Å². The second-order valence-corrected chi connectivity index (χ2v) is 6.48. The van der Waals surface area contributed by atoms with Crippen LogP contribution < -0.4 is 5.32 Å². The first-order valence-electron chi connectivity index (χ1n) is 5.03. The van der Waals surface area contributed by atoms with Gasteiger partial charge in [0, 0.05) is 28.3 Å². The van der Waals surface area contributed by atoms with E-state index in [2.05, 4.69) is 30.8 Å². The van der Waals surface area contributed by atoms with Gasteiger partial charge in [0.1, 0.15) is 6.04 Å². The Bertz CT molecular complexity index is 272. The smallest absolute Gasteiger partial charge is 0.323 e. The Morgan fingerprint density at radius 3 is 2.47 bits per heavy atom. The minimum atomic E-state index is -0.932. The van der Waals surface area contributed by atoms with Gasteiger partial charge in [0.25, 0.3) is 0 Å². The molecule has 88 valence electrons. The summed E-state index contributed by atoms with van der Waals surface area (Å²) in [6, 6.07) is -0.329. The molecule has 1 N–H and O–H groups in total. The molecule has 4 nitrogen and oxygen atoms in total. The van der Waals surface area contributed by atoms with Gasteiger partial charge in [-0.05, 0) is 5.41 Å². The SMILES string of the molecule is COC(=O)C1CS(=O)CC(C(C)(C)C)N1. The number of carbonyl (C=O) groups excluding carboxylic acids is 1. The van der Waals surface area contributed by atoms with Crippen molar-refractivity contribution in [2.24, 2.45) is 5.41 Å². The van der Waals surface area contributed by atoms with Crippen LogP contribution in [0.2, 0.25) is 0 Å². The van der Waals surface area contributed by atoms with Crippen molar-refractivity contribution < 1.29 is 13.7 Å². The molecule has 0 bridgehead atoms. The number of carbonyl (C=O) groups is 1. The Labute approximate surface area is 93.2 Å². The van der Waals surface area contributed by atoms with E-state index in [0.29, 0.717) is 11.5 Å².